The van der Waals surface area contributed by atoms with E-state index < -0.39 is 4.92 Å². The molecule has 1 aromatic rings. The fourth-order valence-electron chi connectivity index (χ4n) is 1.49. The molecule has 0 aliphatic rings. The van der Waals surface area contributed by atoms with Crippen molar-refractivity contribution in [3.63, 3.8) is 0 Å². The minimum absolute atomic E-state index is 0.0228. The standard InChI is InChI=1S/C7H6N2O2S2.C6H15N/c10-9(11)6-3-1-2-5(4-6)8-7(12)13;1-4-7(5-2)6-3/h1-4H,(H2,8,12,13);4-6H2,1-3H3. The summed E-state index contributed by atoms with van der Waals surface area (Å²) in [4.78, 5) is 12.3. The van der Waals surface area contributed by atoms with Crippen LogP contribution in [0.1, 0.15) is 20.8 Å². The Hall–Kier alpha value is -1.18. The summed E-state index contributed by atoms with van der Waals surface area (Å²) in [7, 11) is 0. The monoisotopic (exact) mass is 315 g/mol. The van der Waals surface area contributed by atoms with Crippen LogP contribution < -0.4 is 5.32 Å². The summed E-state index contributed by atoms with van der Waals surface area (Å²) in [6.07, 6.45) is 0. The van der Waals surface area contributed by atoms with Gasteiger partial charge in [-0.1, -0.05) is 39.1 Å². The van der Waals surface area contributed by atoms with Crippen molar-refractivity contribution in [1.82, 2.24) is 4.90 Å². The Morgan fingerprint density at radius 3 is 2.25 bits per heavy atom. The fraction of sp³-hybridized carbons (Fsp3) is 0.462. The van der Waals surface area contributed by atoms with Crippen LogP contribution in [-0.4, -0.2) is 33.8 Å². The lowest BCUT2D eigenvalue weighted by atomic mass is 10.3. The third-order valence-corrected chi connectivity index (χ3v) is 2.86. The van der Waals surface area contributed by atoms with E-state index in [2.05, 4.69) is 55.8 Å². The number of non-ortho nitro benzene ring substituents is 1. The molecule has 7 heteroatoms. The van der Waals surface area contributed by atoms with Gasteiger partial charge < -0.3 is 10.2 Å². The number of nitrogens with zero attached hydrogens (tertiary/aromatic N) is 2. The summed E-state index contributed by atoms with van der Waals surface area (Å²) < 4.78 is 0.278. The van der Waals surface area contributed by atoms with Crippen molar-refractivity contribution < 1.29 is 4.92 Å². The van der Waals surface area contributed by atoms with Crippen molar-refractivity contribution in [3.8, 4) is 0 Å². The van der Waals surface area contributed by atoms with Crippen LogP contribution in [0.2, 0.25) is 0 Å². The Balaban J connectivity index is 0.000000441. The molecule has 0 spiro atoms. The van der Waals surface area contributed by atoms with Crippen LogP contribution in [0.3, 0.4) is 0 Å². The Morgan fingerprint density at radius 2 is 1.90 bits per heavy atom. The molecule has 0 bridgehead atoms. The molecular weight excluding hydrogens is 294 g/mol. The predicted molar refractivity (Wildman–Crippen MR) is 91.8 cm³/mol. The van der Waals surface area contributed by atoms with Crippen molar-refractivity contribution in [2.45, 2.75) is 20.8 Å². The summed E-state index contributed by atoms with van der Waals surface area (Å²) in [6.45, 7) is 10.1. The van der Waals surface area contributed by atoms with Crippen LogP contribution in [0.25, 0.3) is 0 Å². The number of hydrogen-bond donors (Lipinski definition) is 2. The molecule has 1 rings (SSSR count). The van der Waals surface area contributed by atoms with Crippen LogP contribution in [0.15, 0.2) is 24.3 Å². The molecule has 0 saturated carbocycles. The zero-order valence-corrected chi connectivity index (χ0v) is 13.7. The van der Waals surface area contributed by atoms with Crippen molar-refractivity contribution >= 4 is 40.5 Å². The summed E-state index contributed by atoms with van der Waals surface area (Å²) in [5.41, 5.74) is 0.587. The molecule has 112 valence electrons. The molecule has 0 aliphatic carbocycles. The molecular formula is C13H21N3O2S2. The molecule has 0 saturated heterocycles. The average Bonchev–Trinajstić information content (AvgIpc) is 2.41. The molecule has 0 amide bonds. The first-order valence-corrected chi connectivity index (χ1v) is 7.26. The van der Waals surface area contributed by atoms with E-state index in [0.29, 0.717) is 5.69 Å². The summed E-state index contributed by atoms with van der Waals surface area (Å²) in [6, 6.07) is 6.05. The second-order valence-electron chi connectivity index (χ2n) is 3.86. The van der Waals surface area contributed by atoms with Crippen molar-refractivity contribution in [1.29, 1.82) is 0 Å². The van der Waals surface area contributed by atoms with Crippen molar-refractivity contribution in [3.05, 3.63) is 34.4 Å². The number of rotatable bonds is 5. The third kappa shape index (κ3) is 8.08. The first kappa shape index (κ1) is 18.8. The van der Waals surface area contributed by atoms with Gasteiger partial charge in [-0.15, -0.1) is 12.6 Å². The maximum Gasteiger partial charge on any atom is 0.271 e. The number of thiol groups is 1. The molecule has 5 nitrogen and oxygen atoms in total. The molecule has 20 heavy (non-hydrogen) atoms. The largest absolute Gasteiger partial charge is 0.341 e. The van der Waals surface area contributed by atoms with Gasteiger partial charge in [0.2, 0.25) is 0 Å². The van der Waals surface area contributed by atoms with Crippen LogP contribution in [0.4, 0.5) is 11.4 Å². The highest BCUT2D eigenvalue weighted by Gasteiger charge is 2.04. The summed E-state index contributed by atoms with van der Waals surface area (Å²) in [5, 5.41) is 13.1. The zero-order chi connectivity index (χ0) is 15.5. The van der Waals surface area contributed by atoms with E-state index in [1.807, 2.05) is 0 Å². The highest BCUT2D eigenvalue weighted by atomic mass is 32.1. The third-order valence-electron chi connectivity index (χ3n) is 2.65. The molecule has 0 aromatic heterocycles. The molecule has 0 radical (unpaired) electrons. The first-order valence-electron chi connectivity index (χ1n) is 6.41. The second-order valence-corrected chi connectivity index (χ2v) is 5.02. The number of anilines is 1. The van der Waals surface area contributed by atoms with Gasteiger partial charge >= 0.3 is 0 Å². The molecule has 0 atom stereocenters. The Bertz CT molecular complexity index is 432. The minimum Gasteiger partial charge on any atom is -0.341 e. The van der Waals surface area contributed by atoms with Crippen LogP contribution in [0.5, 0.6) is 0 Å². The molecule has 1 N–H and O–H groups in total. The average molecular weight is 315 g/mol. The number of hydrogen-bond acceptors (Lipinski definition) is 4. The lowest BCUT2D eigenvalue weighted by molar-refractivity contribution is -0.384. The van der Waals surface area contributed by atoms with Crippen LogP contribution in [0, 0.1) is 10.1 Å². The normalized spacial score (nSPS) is 9.65. The SMILES string of the molecule is CCN(CC)CC.O=[N+]([O-])c1cccc(NC(=S)S)c1. The lowest BCUT2D eigenvalue weighted by Crippen LogP contribution is -2.21. The number of nitro groups is 1. The summed E-state index contributed by atoms with van der Waals surface area (Å²) >= 11 is 8.52. The van der Waals surface area contributed by atoms with Crippen LogP contribution in [-0.2, 0) is 0 Å². The highest BCUT2D eigenvalue weighted by Crippen LogP contribution is 2.17. The quantitative estimate of drug-likeness (QED) is 0.376. The Labute approximate surface area is 130 Å². The van der Waals surface area contributed by atoms with E-state index in [1.54, 1.807) is 12.1 Å². The van der Waals surface area contributed by atoms with Gasteiger partial charge in [-0.25, -0.2) is 0 Å². The Morgan fingerprint density at radius 1 is 1.35 bits per heavy atom. The van der Waals surface area contributed by atoms with Gasteiger partial charge in [-0.3, -0.25) is 10.1 Å². The maximum atomic E-state index is 10.4. The predicted octanol–water partition coefficient (Wildman–Crippen LogP) is 3.57. The Kier molecular flexibility index (Phi) is 9.96. The van der Waals surface area contributed by atoms with E-state index in [1.165, 1.54) is 31.8 Å². The number of benzene rings is 1. The van der Waals surface area contributed by atoms with Gasteiger partial charge in [0.15, 0.2) is 0 Å². The smallest absolute Gasteiger partial charge is 0.271 e. The van der Waals surface area contributed by atoms with Gasteiger partial charge in [-0.05, 0) is 25.7 Å². The molecule has 0 aliphatic heterocycles. The second kappa shape index (κ2) is 10.6. The number of nitrogens with one attached hydrogen (secondary N) is 1. The van der Waals surface area contributed by atoms with Gasteiger partial charge in [0.05, 0.1) is 4.92 Å². The van der Waals surface area contributed by atoms with E-state index in [9.17, 15) is 10.1 Å². The molecule has 1 aromatic carbocycles. The molecule has 0 fully saturated rings. The van der Waals surface area contributed by atoms with E-state index in [0.717, 1.165) is 0 Å². The van der Waals surface area contributed by atoms with Crippen molar-refractivity contribution in [2.24, 2.45) is 0 Å². The maximum absolute atomic E-state index is 10.4. The lowest BCUT2D eigenvalue weighted by Gasteiger charge is -2.13. The van der Waals surface area contributed by atoms with E-state index in [4.69, 9.17) is 0 Å². The van der Waals surface area contributed by atoms with Crippen molar-refractivity contribution in [2.75, 3.05) is 25.0 Å². The molecule has 0 unspecified atom stereocenters. The fourth-order valence-corrected chi connectivity index (χ4v) is 1.74. The van der Waals surface area contributed by atoms with Crippen LogP contribution >= 0.6 is 24.8 Å². The molecule has 0 heterocycles. The van der Waals surface area contributed by atoms with Gasteiger partial charge in [-0.2, -0.15) is 0 Å². The number of nitro benzene ring substituents is 1. The van der Waals surface area contributed by atoms with Gasteiger partial charge in [0, 0.05) is 17.8 Å². The van der Waals surface area contributed by atoms with E-state index >= 15 is 0 Å². The zero-order valence-electron chi connectivity index (χ0n) is 12.0. The highest BCUT2D eigenvalue weighted by molar-refractivity contribution is 8.11. The first-order chi connectivity index (χ1) is 9.44. The van der Waals surface area contributed by atoms with Gasteiger partial charge in [0.25, 0.3) is 5.69 Å². The van der Waals surface area contributed by atoms with Gasteiger partial charge in [0.1, 0.15) is 4.32 Å². The minimum atomic E-state index is -0.466. The summed E-state index contributed by atoms with van der Waals surface area (Å²) in [5.74, 6) is 0. The topological polar surface area (TPSA) is 58.4 Å². The number of thiocarbonyl (C=S) groups is 1. The van der Waals surface area contributed by atoms with E-state index in [-0.39, 0.29) is 10.0 Å².